The summed E-state index contributed by atoms with van der Waals surface area (Å²) < 4.78 is 0. The third-order valence-electron chi connectivity index (χ3n) is 1.82. The summed E-state index contributed by atoms with van der Waals surface area (Å²) in [6.45, 7) is 8.04. The maximum atomic E-state index is 11.3. The van der Waals surface area contributed by atoms with Gasteiger partial charge in [0.05, 0.1) is 6.04 Å². The Balaban J connectivity index is -0.000000464. The van der Waals surface area contributed by atoms with Crippen molar-refractivity contribution < 1.29 is 12.4 Å². The Morgan fingerprint density at radius 3 is 2.53 bits per heavy atom. The van der Waals surface area contributed by atoms with Crippen LogP contribution in [0, 0.1) is 0 Å². The molecule has 5 heteroatoms. The van der Waals surface area contributed by atoms with Crippen molar-refractivity contribution in [1.82, 2.24) is 10.6 Å². The minimum Gasteiger partial charge on any atom is -0.355 e. The second kappa shape index (κ2) is 7.70. The summed E-state index contributed by atoms with van der Waals surface area (Å²) in [5.74, 6) is 0.742. The molecule has 2 N–H and O–H groups in total. The Hall–Kier alpha value is -0.550. The van der Waals surface area contributed by atoms with E-state index in [0.717, 1.165) is 0 Å². The lowest BCUT2D eigenvalue weighted by Gasteiger charge is -2.10. The quantitative estimate of drug-likeness (QED) is 0.774. The van der Waals surface area contributed by atoms with Gasteiger partial charge in [0, 0.05) is 15.2 Å². The van der Waals surface area contributed by atoms with E-state index in [1.807, 2.05) is 20.8 Å². The number of rotatable bonds is 3. The summed E-state index contributed by atoms with van der Waals surface area (Å²) in [6, 6.07) is -0.209. The van der Waals surface area contributed by atoms with Crippen LogP contribution in [0.5, 0.6) is 0 Å². The third-order valence-corrected chi connectivity index (χ3v) is 3.15. The van der Waals surface area contributed by atoms with Crippen molar-refractivity contribution in [3.63, 3.8) is 0 Å². The number of nitrogens with one attached hydrogen (secondary N) is 2. The van der Waals surface area contributed by atoms with E-state index in [1.54, 1.807) is 0 Å². The van der Waals surface area contributed by atoms with Crippen LogP contribution in [0.4, 0.5) is 0 Å². The van der Waals surface area contributed by atoms with Crippen LogP contribution < -0.4 is 10.6 Å². The molecule has 1 fully saturated rings. The first-order valence-corrected chi connectivity index (χ1v) is 6.35. The first-order chi connectivity index (χ1) is 7.15. The maximum Gasteiger partial charge on any atom is 0.238 e. The van der Waals surface area contributed by atoms with E-state index >= 15 is 0 Å². The van der Waals surface area contributed by atoms with Gasteiger partial charge in [-0.25, -0.2) is 0 Å². The largest absolute Gasteiger partial charge is 0.355 e. The molecule has 15 heavy (non-hydrogen) atoms. The standard InChI is InChI=1S/C8H14N2O2S.C2H6.2H2/c1-3-9-7(12)6-4-13-8(10-6)5(2)11;1-2;;/h6,8,10H,3-4H2,1-2H3,(H,9,12);1-2H3;2*1H. The summed E-state index contributed by atoms with van der Waals surface area (Å²) in [6.07, 6.45) is 0. The van der Waals surface area contributed by atoms with Crippen LogP contribution in [-0.4, -0.2) is 35.4 Å². The van der Waals surface area contributed by atoms with Crippen molar-refractivity contribution in [2.24, 2.45) is 0 Å². The van der Waals surface area contributed by atoms with Gasteiger partial charge in [0.1, 0.15) is 5.37 Å². The Morgan fingerprint density at radius 1 is 1.53 bits per heavy atom. The first kappa shape index (κ1) is 14.5. The predicted octanol–water partition coefficient (Wildman–Crippen LogP) is 1.26. The summed E-state index contributed by atoms with van der Waals surface area (Å²) in [7, 11) is 0. The molecule has 0 aliphatic carbocycles. The average Bonchev–Trinajstić information content (AvgIpc) is 2.70. The van der Waals surface area contributed by atoms with E-state index in [1.165, 1.54) is 18.7 Å². The van der Waals surface area contributed by atoms with Gasteiger partial charge in [-0.15, -0.1) is 11.8 Å². The fourth-order valence-electron chi connectivity index (χ4n) is 1.15. The van der Waals surface area contributed by atoms with Crippen LogP contribution in [0.2, 0.25) is 0 Å². The highest BCUT2D eigenvalue weighted by Crippen LogP contribution is 2.19. The van der Waals surface area contributed by atoms with E-state index in [-0.39, 0.29) is 26.0 Å². The Kier molecular flexibility index (Phi) is 7.42. The van der Waals surface area contributed by atoms with Gasteiger partial charge in [-0.2, -0.15) is 0 Å². The molecule has 1 aliphatic rings. The van der Waals surface area contributed by atoms with Gasteiger partial charge in [-0.05, 0) is 13.8 Å². The third kappa shape index (κ3) is 4.66. The van der Waals surface area contributed by atoms with Crippen molar-refractivity contribution in [3.05, 3.63) is 0 Å². The van der Waals surface area contributed by atoms with Gasteiger partial charge in [-0.1, -0.05) is 13.8 Å². The molecule has 0 spiro atoms. The number of amides is 1. The summed E-state index contributed by atoms with van der Waals surface area (Å²) >= 11 is 1.49. The lowest BCUT2D eigenvalue weighted by Crippen LogP contribution is -2.45. The summed E-state index contributed by atoms with van der Waals surface area (Å²) in [5, 5.41) is 5.50. The normalized spacial score (nSPS) is 24.0. The number of Topliss-reactive ketones (excluding diaryl/α,β-unsaturated/α-hetero) is 1. The molecular weight excluding hydrogens is 212 g/mol. The fraction of sp³-hybridized carbons (Fsp3) is 0.800. The van der Waals surface area contributed by atoms with Crippen molar-refractivity contribution in [2.45, 2.75) is 39.1 Å². The van der Waals surface area contributed by atoms with E-state index in [0.29, 0.717) is 12.3 Å². The molecule has 0 aromatic carbocycles. The van der Waals surface area contributed by atoms with Crippen LogP contribution >= 0.6 is 11.8 Å². The highest BCUT2D eigenvalue weighted by molar-refractivity contribution is 8.00. The van der Waals surface area contributed by atoms with Gasteiger partial charge in [0.15, 0.2) is 5.78 Å². The molecule has 4 nitrogen and oxygen atoms in total. The molecular formula is C10H24N2O2S. The number of carbonyl (C=O) groups is 2. The van der Waals surface area contributed by atoms with Crippen molar-refractivity contribution >= 4 is 23.5 Å². The van der Waals surface area contributed by atoms with Crippen molar-refractivity contribution in [1.29, 1.82) is 0 Å². The second-order valence-corrected chi connectivity index (χ2v) is 4.08. The molecule has 1 heterocycles. The molecule has 92 valence electrons. The molecule has 0 aromatic heterocycles. The van der Waals surface area contributed by atoms with E-state index < -0.39 is 0 Å². The molecule has 2 unspecified atom stereocenters. The molecule has 1 saturated heterocycles. The van der Waals surface area contributed by atoms with Crippen LogP contribution in [-0.2, 0) is 9.59 Å². The van der Waals surface area contributed by atoms with Crippen LogP contribution in [0.1, 0.15) is 30.5 Å². The van der Waals surface area contributed by atoms with Gasteiger partial charge < -0.3 is 5.32 Å². The topological polar surface area (TPSA) is 58.2 Å². The van der Waals surface area contributed by atoms with Crippen molar-refractivity contribution in [2.75, 3.05) is 12.3 Å². The molecule has 0 aromatic rings. The van der Waals surface area contributed by atoms with Gasteiger partial charge in [0.25, 0.3) is 0 Å². The molecule has 1 amide bonds. The van der Waals surface area contributed by atoms with E-state index in [2.05, 4.69) is 10.6 Å². The Labute approximate surface area is 98.5 Å². The highest BCUT2D eigenvalue weighted by atomic mass is 32.2. The lowest BCUT2D eigenvalue weighted by molar-refractivity contribution is -0.122. The zero-order chi connectivity index (χ0) is 11.8. The molecule has 0 saturated carbocycles. The smallest absolute Gasteiger partial charge is 0.238 e. The highest BCUT2D eigenvalue weighted by Gasteiger charge is 2.31. The predicted molar refractivity (Wildman–Crippen MR) is 68.1 cm³/mol. The molecule has 2 atom stereocenters. The maximum absolute atomic E-state index is 11.3. The number of thioether (sulfide) groups is 1. The van der Waals surface area contributed by atoms with Gasteiger partial charge in [0.2, 0.25) is 5.91 Å². The zero-order valence-corrected chi connectivity index (χ0v) is 10.6. The minimum atomic E-state index is -0.209. The Bertz CT molecular complexity index is 230. The Morgan fingerprint density at radius 2 is 2.13 bits per heavy atom. The van der Waals surface area contributed by atoms with Gasteiger partial charge in [-0.3, -0.25) is 14.9 Å². The zero-order valence-electron chi connectivity index (χ0n) is 9.79. The number of likely N-dealkylation sites (N-methyl/N-ethyl adjacent to an activating group) is 1. The van der Waals surface area contributed by atoms with Gasteiger partial charge >= 0.3 is 0 Å². The number of ketones is 1. The molecule has 1 rings (SSSR count). The number of hydrogen-bond acceptors (Lipinski definition) is 4. The summed E-state index contributed by atoms with van der Waals surface area (Å²) in [4.78, 5) is 22.3. The molecule has 0 bridgehead atoms. The second-order valence-electron chi connectivity index (χ2n) is 2.94. The average molecular weight is 236 g/mol. The van der Waals surface area contributed by atoms with Crippen LogP contribution in [0.15, 0.2) is 0 Å². The minimum absolute atomic E-state index is 0. The van der Waals surface area contributed by atoms with Crippen LogP contribution in [0.25, 0.3) is 0 Å². The van der Waals surface area contributed by atoms with Crippen molar-refractivity contribution in [3.8, 4) is 0 Å². The number of carbonyl (C=O) groups excluding carboxylic acids is 2. The molecule has 1 aliphatic heterocycles. The summed E-state index contributed by atoms with van der Waals surface area (Å²) in [5.41, 5.74) is 0. The SMILES string of the molecule is CC.CCNC(=O)C1CSC(C(C)=O)N1.[HH].[HH]. The van der Waals surface area contributed by atoms with Crippen LogP contribution in [0.3, 0.4) is 0 Å². The van der Waals surface area contributed by atoms with E-state index in [9.17, 15) is 9.59 Å². The van der Waals surface area contributed by atoms with E-state index in [4.69, 9.17) is 0 Å². The number of hydrogen-bond donors (Lipinski definition) is 2. The fourth-order valence-corrected chi connectivity index (χ4v) is 2.28. The first-order valence-electron chi connectivity index (χ1n) is 5.31. The lowest BCUT2D eigenvalue weighted by atomic mass is 10.3. The monoisotopic (exact) mass is 236 g/mol. The molecule has 0 radical (unpaired) electrons.